The number of rotatable bonds is 6. The van der Waals surface area contributed by atoms with E-state index in [2.05, 4.69) is 10.6 Å². The second kappa shape index (κ2) is 9.54. The van der Waals surface area contributed by atoms with Crippen LogP contribution in [0.4, 0.5) is 10.5 Å². The maximum atomic E-state index is 12.2. The van der Waals surface area contributed by atoms with E-state index in [0.29, 0.717) is 38.2 Å². The van der Waals surface area contributed by atoms with Crippen molar-refractivity contribution < 1.29 is 19.4 Å². The fourth-order valence-electron chi connectivity index (χ4n) is 3.45. The van der Waals surface area contributed by atoms with Crippen LogP contribution >= 0.6 is 0 Å². The summed E-state index contributed by atoms with van der Waals surface area (Å²) in [6, 6.07) is 16.0. The lowest BCUT2D eigenvalue weighted by atomic mass is 9.84. The summed E-state index contributed by atoms with van der Waals surface area (Å²) in [4.78, 5) is 26.2. The molecule has 0 spiro atoms. The van der Waals surface area contributed by atoms with E-state index in [1.807, 2.05) is 42.2 Å². The number of nitrogens with one attached hydrogen (secondary N) is 2. The number of anilines is 1. The molecule has 3 amide bonds. The first-order chi connectivity index (χ1) is 14.0. The zero-order valence-corrected chi connectivity index (χ0v) is 16.6. The van der Waals surface area contributed by atoms with Crippen LogP contribution in [0.5, 0.6) is 5.75 Å². The minimum absolute atomic E-state index is 0.113. The molecule has 1 fully saturated rings. The lowest BCUT2D eigenvalue weighted by Crippen LogP contribution is -2.47. The third-order valence-corrected chi connectivity index (χ3v) is 5.04. The molecule has 1 aliphatic rings. The van der Waals surface area contributed by atoms with E-state index >= 15 is 0 Å². The Hall–Kier alpha value is -2.90. The van der Waals surface area contributed by atoms with Crippen LogP contribution in [0.25, 0.3) is 0 Å². The highest BCUT2D eigenvalue weighted by molar-refractivity contribution is 6.01. The molecule has 7 nitrogen and oxygen atoms in total. The molecule has 29 heavy (non-hydrogen) atoms. The number of imide groups is 1. The van der Waals surface area contributed by atoms with E-state index < -0.39 is 11.6 Å². The molecule has 0 unspecified atom stereocenters. The van der Waals surface area contributed by atoms with Gasteiger partial charge in [0.15, 0.2) is 0 Å². The zero-order chi connectivity index (χ0) is 20.7. The van der Waals surface area contributed by atoms with E-state index in [0.717, 1.165) is 11.3 Å². The fraction of sp³-hybridized carbons (Fsp3) is 0.364. The van der Waals surface area contributed by atoms with Gasteiger partial charge in [-0.15, -0.1) is 0 Å². The Bertz CT molecular complexity index is 816. The molecular weight excluding hydrogens is 370 g/mol. The number of ether oxygens (including phenoxy) is 1. The molecule has 154 valence electrons. The molecule has 2 aromatic carbocycles. The number of aliphatic hydroxyl groups is 1. The van der Waals surface area contributed by atoms with Gasteiger partial charge in [0, 0.05) is 18.8 Å². The summed E-state index contributed by atoms with van der Waals surface area (Å²) in [5.41, 5.74) is 0.614. The number of urea groups is 1. The van der Waals surface area contributed by atoms with Crippen LogP contribution in [0, 0.1) is 0 Å². The Morgan fingerprint density at radius 1 is 1.07 bits per heavy atom. The Labute approximate surface area is 170 Å². The van der Waals surface area contributed by atoms with E-state index in [-0.39, 0.29) is 12.5 Å². The maximum absolute atomic E-state index is 12.2. The highest BCUT2D eigenvalue weighted by Crippen LogP contribution is 2.32. The average Bonchev–Trinajstić information content (AvgIpc) is 2.72. The maximum Gasteiger partial charge on any atom is 0.325 e. The summed E-state index contributed by atoms with van der Waals surface area (Å²) in [5, 5.41) is 15.8. The fourth-order valence-corrected chi connectivity index (χ4v) is 3.45. The van der Waals surface area contributed by atoms with Crippen LogP contribution in [0.1, 0.15) is 25.3 Å². The summed E-state index contributed by atoms with van der Waals surface area (Å²) in [5.74, 6) is 0.341. The van der Waals surface area contributed by atoms with Gasteiger partial charge < -0.3 is 15.2 Å². The molecular formula is C22H27N3O4. The lowest BCUT2D eigenvalue weighted by molar-refractivity contribution is -0.122. The number of likely N-dealkylation sites (tertiary alicyclic amines) is 1. The van der Waals surface area contributed by atoms with E-state index in [4.69, 9.17) is 4.74 Å². The van der Waals surface area contributed by atoms with Gasteiger partial charge >= 0.3 is 6.03 Å². The number of piperidine rings is 1. The molecule has 1 heterocycles. The third kappa shape index (κ3) is 5.79. The van der Waals surface area contributed by atoms with Crippen LogP contribution in [-0.4, -0.2) is 48.2 Å². The van der Waals surface area contributed by atoms with Crippen LogP contribution in [0.2, 0.25) is 0 Å². The molecule has 1 saturated heterocycles. The number of hydrogen-bond donors (Lipinski definition) is 3. The van der Waals surface area contributed by atoms with Crippen molar-refractivity contribution in [3.05, 3.63) is 60.2 Å². The van der Waals surface area contributed by atoms with Gasteiger partial charge in [-0.1, -0.05) is 30.3 Å². The molecule has 3 N–H and O–H groups in total. The highest BCUT2D eigenvalue weighted by atomic mass is 16.5. The number of carbonyl (C=O) groups excluding carboxylic acids is 2. The smallest absolute Gasteiger partial charge is 0.325 e. The normalized spacial score (nSPS) is 16.1. The van der Waals surface area contributed by atoms with Crippen molar-refractivity contribution in [2.75, 3.05) is 31.6 Å². The van der Waals surface area contributed by atoms with Crippen molar-refractivity contribution in [3.8, 4) is 5.75 Å². The van der Waals surface area contributed by atoms with Crippen molar-refractivity contribution in [1.82, 2.24) is 10.2 Å². The number of hydrogen-bond acceptors (Lipinski definition) is 5. The van der Waals surface area contributed by atoms with Gasteiger partial charge in [-0.2, -0.15) is 0 Å². The van der Waals surface area contributed by atoms with E-state index in [1.165, 1.54) is 0 Å². The summed E-state index contributed by atoms with van der Waals surface area (Å²) < 4.78 is 5.35. The van der Waals surface area contributed by atoms with Crippen molar-refractivity contribution in [2.24, 2.45) is 0 Å². The zero-order valence-electron chi connectivity index (χ0n) is 16.6. The summed E-state index contributed by atoms with van der Waals surface area (Å²) in [7, 11) is 0. The number of nitrogens with zero attached hydrogens (tertiary/aromatic N) is 1. The topological polar surface area (TPSA) is 90.9 Å². The first-order valence-electron chi connectivity index (χ1n) is 9.82. The molecule has 3 rings (SSSR count). The van der Waals surface area contributed by atoms with Gasteiger partial charge in [0.25, 0.3) is 0 Å². The summed E-state index contributed by atoms with van der Waals surface area (Å²) in [6.45, 7) is 3.75. The lowest BCUT2D eigenvalue weighted by Gasteiger charge is -2.38. The molecule has 7 heteroatoms. The van der Waals surface area contributed by atoms with Crippen LogP contribution < -0.4 is 15.4 Å². The van der Waals surface area contributed by atoms with Crippen LogP contribution in [0.15, 0.2) is 54.6 Å². The van der Waals surface area contributed by atoms with Crippen molar-refractivity contribution in [3.63, 3.8) is 0 Å². The standard InChI is InChI=1S/C22H27N3O4/c1-2-29-19-10-8-18(9-11-19)23-21(27)24-20(26)16-25-14-12-22(28,13-15-25)17-6-4-3-5-7-17/h3-11,28H,2,12-16H2,1H3,(H2,23,24,26,27). The summed E-state index contributed by atoms with van der Waals surface area (Å²) in [6.07, 6.45) is 1.09. The van der Waals surface area contributed by atoms with Gasteiger partial charge in [-0.05, 0) is 49.6 Å². The second-order valence-corrected chi connectivity index (χ2v) is 7.13. The van der Waals surface area contributed by atoms with Crippen molar-refractivity contribution in [1.29, 1.82) is 0 Å². The van der Waals surface area contributed by atoms with E-state index in [9.17, 15) is 14.7 Å². The van der Waals surface area contributed by atoms with Gasteiger partial charge in [0.05, 0.1) is 18.8 Å². The molecule has 1 aliphatic heterocycles. The third-order valence-electron chi connectivity index (χ3n) is 5.04. The Morgan fingerprint density at radius 3 is 2.34 bits per heavy atom. The van der Waals surface area contributed by atoms with Crippen molar-refractivity contribution >= 4 is 17.6 Å². The van der Waals surface area contributed by atoms with Crippen LogP contribution in [-0.2, 0) is 10.4 Å². The minimum atomic E-state index is -0.862. The Kier molecular flexibility index (Phi) is 6.85. The SMILES string of the molecule is CCOc1ccc(NC(=O)NC(=O)CN2CCC(O)(c3ccccc3)CC2)cc1. The van der Waals surface area contributed by atoms with Gasteiger partial charge in [0.1, 0.15) is 5.75 Å². The van der Waals surface area contributed by atoms with E-state index in [1.54, 1.807) is 24.3 Å². The van der Waals surface area contributed by atoms with Gasteiger partial charge in [-0.3, -0.25) is 15.0 Å². The molecule has 0 aromatic heterocycles. The second-order valence-electron chi connectivity index (χ2n) is 7.13. The highest BCUT2D eigenvalue weighted by Gasteiger charge is 2.34. The molecule has 0 atom stereocenters. The first kappa shape index (κ1) is 20.8. The predicted octanol–water partition coefficient (Wildman–Crippen LogP) is 2.72. The Balaban J connectivity index is 1.43. The molecule has 0 bridgehead atoms. The first-order valence-corrected chi connectivity index (χ1v) is 9.82. The average molecular weight is 397 g/mol. The molecule has 0 aliphatic carbocycles. The van der Waals surface area contributed by atoms with Gasteiger partial charge in [0.2, 0.25) is 5.91 Å². The predicted molar refractivity (Wildman–Crippen MR) is 111 cm³/mol. The van der Waals surface area contributed by atoms with Gasteiger partial charge in [-0.25, -0.2) is 4.79 Å². The van der Waals surface area contributed by atoms with Crippen molar-refractivity contribution in [2.45, 2.75) is 25.4 Å². The summed E-state index contributed by atoms with van der Waals surface area (Å²) >= 11 is 0. The molecule has 0 radical (unpaired) electrons. The number of amides is 3. The molecule has 0 saturated carbocycles. The Morgan fingerprint density at radius 2 is 1.72 bits per heavy atom. The molecule has 2 aromatic rings. The minimum Gasteiger partial charge on any atom is -0.494 e. The largest absolute Gasteiger partial charge is 0.494 e. The van der Waals surface area contributed by atoms with Crippen LogP contribution in [0.3, 0.4) is 0 Å². The monoisotopic (exact) mass is 397 g/mol. The number of carbonyl (C=O) groups is 2. The quantitative estimate of drug-likeness (QED) is 0.697. The number of benzene rings is 2.